The van der Waals surface area contributed by atoms with Crippen molar-refractivity contribution in [1.29, 1.82) is 0 Å². The number of aliphatic hydroxyl groups is 1. The summed E-state index contributed by atoms with van der Waals surface area (Å²) in [7, 11) is 0. The van der Waals surface area contributed by atoms with E-state index in [9.17, 15) is 9.50 Å². The highest BCUT2D eigenvalue weighted by Crippen LogP contribution is 2.36. The molecule has 1 fully saturated rings. The summed E-state index contributed by atoms with van der Waals surface area (Å²) in [6, 6.07) is 19.5. The molecule has 0 spiro atoms. The number of piperazine rings is 1. The highest BCUT2D eigenvalue weighted by molar-refractivity contribution is 7.25. The lowest BCUT2D eigenvalue weighted by Crippen LogP contribution is -2.48. The summed E-state index contributed by atoms with van der Waals surface area (Å²) >= 11 is 8.13. The Hall–Kier alpha value is -2.88. The monoisotopic (exact) mass is 535 g/mol. The van der Waals surface area contributed by atoms with Crippen LogP contribution in [0.4, 0.5) is 4.39 Å². The summed E-state index contributed by atoms with van der Waals surface area (Å²) in [5.74, 6) is -0.379. The predicted octanol–water partition coefficient (Wildman–Crippen LogP) is 5.30. The molecular weight excluding hydrogens is 509 g/mol. The lowest BCUT2D eigenvalue weighted by molar-refractivity contribution is 0.105. The molecule has 6 nitrogen and oxygen atoms in total. The van der Waals surface area contributed by atoms with E-state index in [-0.39, 0.29) is 18.5 Å². The standard InChI is InChI=1S/C28H27ClFN5OS/c29-24-16-20(30)6-7-22(24)25-17-35(32-31-25)26(18-34-11-9-33(10-12-34)13-14-36)19-5-8-28-23(15-19)21-3-1-2-4-27(21)37-28/h1-8,15-17,26,36H,9-14,18H2. The van der Waals surface area contributed by atoms with Gasteiger partial charge in [-0.1, -0.05) is 41.1 Å². The zero-order valence-corrected chi connectivity index (χ0v) is 21.8. The number of aliphatic hydroxyl groups excluding tert-OH is 1. The van der Waals surface area contributed by atoms with Crippen LogP contribution in [0.25, 0.3) is 31.4 Å². The second-order valence-electron chi connectivity index (χ2n) is 9.44. The molecule has 37 heavy (non-hydrogen) atoms. The Kier molecular flexibility index (Phi) is 6.92. The Balaban J connectivity index is 1.37. The molecule has 5 aromatic rings. The van der Waals surface area contributed by atoms with E-state index in [1.807, 2.05) is 10.9 Å². The number of rotatable bonds is 7. The second kappa shape index (κ2) is 10.5. The average Bonchev–Trinajstić information content (AvgIpc) is 3.53. The highest BCUT2D eigenvalue weighted by atomic mass is 35.5. The van der Waals surface area contributed by atoms with Gasteiger partial charge in [-0.3, -0.25) is 9.80 Å². The molecular formula is C28H27ClFN5OS. The number of thiophene rings is 1. The van der Waals surface area contributed by atoms with Crippen LogP contribution in [-0.4, -0.2) is 75.8 Å². The topological polar surface area (TPSA) is 57.4 Å². The Morgan fingerprint density at radius 3 is 2.54 bits per heavy atom. The third-order valence-corrected chi connectivity index (χ3v) is 8.60. The minimum absolute atomic E-state index is 0.0621. The number of hydrogen-bond acceptors (Lipinski definition) is 6. The maximum absolute atomic E-state index is 13.6. The van der Waals surface area contributed by atoms with Gasteiger partial charge in [0, 0.05) is 65.0 Å². The van der Waals surface area contributed by atoms with Crippen molar-refractivity contribution in [1.82, 2.24) is 24.8 Å². The van der Waals surface area contributed by atoms with Crippen molar-refractivity contribution < 1.29 is 9.50 Å². The number of nitrogens with zero attached hydrogens (tertiary/aromatic N) is 5. The number of hydrogen-bond donors (Lipinski definition) is 1. The third kappa shape index (κ3) is 5.00. The van der Waals surface area contributed by atoms with Gasteiger partial charge < -0.3 is 5.11 Å². The van der Waals surface area contributed by atoms with Gasteiger partial charge in [0.25, 0.3) is 0 Å². The fourth-order valence-corrected chi connectivity index (χ4v) is 6.47. The molecule has 190 valence electrons. The fraction of sp³-hybridized carbons (Fsp3) is 0.286. The average molecular weight is 536 g/mol. The lowest BCUT2D eigenvalue weighted by atomic mass is 10.0. The zero-order chi connectivity index (χ0) is 25.4. The molecule has 1 saturated heterocycles. The Bertz CT molecular complexity index is 1540. The van der Waals surface area contributed by atoms with E-state index in [1.165, 1.54) is 32.3 Å². The van der Waals surface area contributed by atoms with E-state index in [0.29, 0.717) is 22.8 Å². The van der Waals surface area contributed by atoms with E-state index >= 15 is 0 Å². The minimum atomic E-state index is -0.379. The van der Waals surface area contributed by atoms with Gasteiger partial charge in [-0.05, 0) is 42.0 Å². The first-order chi connectivity index (χ1) is 18.1. The second-order valence-corrected chi connectivity index (χ2v) is 10.9. The first-order valence-electron chi connectivity index (χ1n) is 12.4. The molecule has 9 heteroatoms. The summed E-state index contributed by atoms with van der Waals surface area (Å²) in [6.45, 7) is 5.37. The van der Waals surface area contributed by atoms with Crippen molar-refractivity contribution in [3.8, 4) is 11.3 Å². The largest absolute Gasteiger partial charge is 0.395 e. The molecule has 6 rings (SSSR count). The fourth-order valence-electron chi connectivity index (χ4n) is 5.12. The maximum atomic E-state index is 13.6. The van der Waals surface area contributed by atoms with E-state index in [2.05, 4.69) is 62.6 Å². The minimum Gasteiger partial charge on any atom is -0.395 e. The van der Waals surface area contributed by atoms with Crippen molar-refractivity contribution >= 4 is 43.1 Å². The van der Waals surface area contributed by atoms with Crippen LogP contribution in [0.2, 0.25) is 5.02 Å². The van der Waals surface area contributed by atoms with Crippen LogP contribution in [0.1, 0.15) is 11.6 Å². The van der Waals surface area contributed by atoms with E-state index in [4.69, 9.17) is 11.6 Å². The number of fused-ring (bicyclic) bond motifs is 3. The van der Waals surface area contributed by atoms with Crippen molar-refractivity contribution in [2.75, 3.05) is 45.9 Å². The summed E-state index contributed by atoms with van der Waals surface area (Å²) in [5, 5.41) is 21.1. The van der Waals surface area contributed by atoms with Gasteiger partial charge in [-0.2, -0.15) is 0 Å². The third-order valence-electron chi connectivity index (χ3n) is 7.13. The van der Waals surface area contributed by atoms with E-state index in [0.717, 1.165) is 38.3 Å². The van der Waals surface area contributed by atoms with Crippen LogP contribution in [0.5, 0.6) is 0 Å². The summed E-state index contributed by atoms with van der Waals surface area (Å²) in [6.07, 6.45) is 1.90. The molecule has 0 bridgehead atoms. The normalized spacial score (nSPS) is 16.1. The van der Waals surface area contributed by atoms with Gasteiger partial charge in [-0.25, -0.2) is 9.07 Å². The number of benzene rings is 3. The Labute approximate surface area is 223 Å². The zero-order valence-electron chi connectivity index (χ0n) is 20.2. The van der Waals surface area contributed by atoms with E-state index < -0.39 is 0 Å². The Morgan fingerprint density at radius 1 is 0.946 bits per heavy atom. The van der Waals surface area contributed by atoms with Gasteiger partial charge in [0.2, 0.25) is 0 Å². The Morgan fingerprint density at radius 2 is 1.73 bits per heavy atom. The van der Waals surface area contributed by atoms with Crippen LogP contribution in [0, 0.1) is 5.82 Å². The van der Waals surface area contributed by atoms with Crippen LogP contribution in [0.3, 0.4) is 0 Å². The number of β-amino-alcohol motifs (C(OH)–C–C–N with tert-alkyl or cyclic N) is 1. The van der Waals surface area contributed by atoms with E-state index in [1.54, 1.807) is 17.4 Å². The van der Waals surface area contributed by atoms with Gasteiger partial charge in [-0.15, -0.1) is 16.4 Å². The molecule has 1 aliphatic heterocycles. The molecule has 3 heterocycles. The molecule has 0 saturated carbocycles. The first kappa shape index (κ1) is 24.5. The van der Waals surface area contributed by atoms with Crippen molar-refractivity contribution in [3.05, 3.63) is 83.3 Å². The molecule has 1 atom stereocenters. The van der Waals surface area contributed by atoms with Crippen molar-refractivity contribution in [2.45, 2.75) is 6.04 Å². The highest BCUT2D eigenvalue weighted by Gasteiger charge is 2.24. The molecule has 1 unspecified atom stereocenters. The van der Waals surface area contributed by atoms with Crippen molar-refractivity contribution in [3.63, 3.8) is 0 Å². The molecule has 0 aliphatic carbocycles. The van der Waals surface area contributed by atoms with Crippen LogP contribution >= 0.6 is 22.9 Å². The smallest absolute Gasteiger partial charge is 0.124 e. The number of halogens is 2. The van der Waals surface area contributed by atoms with Gasteiger partial charge in [0.05, 0.1) is 23.9 Å². The number of aromatic nitrogens is 3. The molecule has 1 aliphatic rings. The maximum Gasteiger partial charge on any atom is 0.124 e. The predicted molar refractivity (Wildman–Crippen MR) is 148 cm³/mol. The molecule has 1 N–H and O–H groups in total. The van der Waals surface area contributed by atoms with Crippen molar-refractivity contribution in [2.24, 2.45) is 0 Å². The SMILES string of the molecule is OCCN1CCN(CC(c2ccc3sc4ccccc4c3c2)n2cc(-c3ccc(F)cc3Cl)nn2)CC1. The molecule has 2 aromatic heterocycles. The summed E-state index contributed by atoms with van der Waals surface area (Å²) in [4.78, 5) is 4.74. The van der Waals surface area contributed by atoms with Crippen LogP contribution in [0.15, 0.2) is 66.9 Å². The summed E-state index contributed by atoms with van der Waals surface area (Å²) in [5.41, 5.74) is 2.44. The molecule has 0 radical (unpaired) electrons. The van der Waals surface area contributed by atoms with Crippen LogP contribution < -0.4 is 0 Å². The van der Waals surface area contributed by atoms with Gasteiger partial charge in [0.1, 0.15) is 11.5 Å². The van der Waals surface area contributed by atoms with Gasteiger partial charge in [0.15, 0.2) is 0 Å². The lowest BCUT2D eigenvalue weighted by Gasteiger charge is -2.36. The quantitative estimate of drug-likeness (QED) is 0.306. The molecule has 0 amide bonds. The van der Waals surface area contributed by atoms with Crippen LogP contribution in [-0.2, 0) is 0 Å². The van der Waals surface area contributed by atoms with Gasteiger partial charge >= 0.3 is 0 Å². The summed E-state index contributed by atoms with van der Waals surface area (Å²) < 4.78 is 18.1. The first-order valence-corrected chi connectivity index (χ1v) is 13.6. The molecule has 3 aromatic carbocycles.